The third kappa shape index (κ3) is 5.96. The van der Waals surface area contributed by atoms with Gasteiger partial charge in [0.1, 0.15) is 0 Å². The molecule has 4 nitrogen and oxygen atoms in total. The summed E-state index contributed by atoms with van der Waals surface area (Å²) >= 11 is 12.1. The fourth-order valence-corrected chi connectivity index (χ4v) is 3.42. The van der Waals surface area contributed by atoms with Gasteiger partial charge in [-0.05, 0) is 64.0 Å². The van der Waals surface area contributed by atoms with Crippen molar-refractivity contribution in [1.29, 1.82) is 0 Å². The van der Waals surface area contributed by atoms with E-state index in [-0.39, 0.29) is 5.91 Å². The van der Waals surface area contributed by atoms with Crippen LogP contribution in [0.25, 0.3) is 0 Å². The summed E-state index contributed by atoms with van der Waals surface area (Å²) in [6.45, 7) is 4.03. The highest BCUT2D eigenvalue weighted by molar-refractivity contribution is 6.39. The van der Waals surface area contributed by atoms with E-state index in [4.69, 9.17) is 23.2 Å². The van der Waals surface area contributed by atoms with Crippen LogP contribution >= 0.6 is 23.2 Å². The maximum absolute atomic E-state index is 12.1. The van der Waals surface area contributed by atoms with E-state index >= 15 is 0 Å². The lowest BCUT2D eigenvalue weighted by atomic mass is 9.93. The van der Waals surface area contributed by atoms with Crippen LogP contribution < -0.4 is 10.6 Å². The molecule has 2 rings (SSSR count). The van der Waals surface area contributed by atoms with Crippen LogP contribution in [0.1, 0.15) is 25.7 Å². The number of benzene rings is 1. The van der Waals surface area contributed by atoms with Gasteiger partial charge in [0, 0.05) is 13.0 Å². The molecule has 0 saturated carbocycles. The van der Waals surface area contributed by atoms with Crippen molar-refractivity contribution >= 4 is 34.8 Å². The van der Waals surface area contributed by atoms with Gasteiger partial charge < -0.3 is 15.5 Å². The summed E-state index contributed by atoms with van der Waals surface area (Å²) in [5.41, 5.74) is 0.506. The number of likely N-dealkylation sites (tertiary alicyclic amines) is 1. The zero-order valence-electron chi connectivity index (χ0n) is 13.6. The average Bonchev–Trinajstić information content (AvgIpc) is 2.55. The van der Waals surface area contributed by atoms with Crippen LogP contribution in [0.4, 0.5) is 5.69 Å². The maximum atomic E-state index is 12.1. The SMILES string of the molecule is CNCCC1CCN(CCC(=O)Nc2c(Cl)cccc2Cl)CC1. The Morgan fingerprint density at radius 3 is 2.52 bits per heavy atom. The maximum Gasteiger partial charge on any atom is 0.225 e. The van der Waals surface area contributed by atoms with Crippen LogP contribution in [0.15, 0.2) is 18.2 Å². The molecule has 1 aromatic carbocycles. The first-order valence-corrected chi connectivity index (χ1v) is 8.96. The summed E-state index contributed by atoms with van der Waals surface area (Å²) in [5.74, 6) is 0.770. The van der Waals surface area contributed by atoms with Crippen LogP contribution in [0.5, 0.6) is 0 Å². The number of hydrogen-bond acceptors (Lipinski definition) is 3. The van der Waals surface area contributed by atoms with Crippen molar-refractivity contribution in [1.82, 2.24) is 10.2 Å². The monoisotopic (exact) mass is 357 g/mol. The molecule has 1 saturated heterocycles. The Bertz CT molecular complexity index is 496. The Morgan fingerprint density at radius 2 is 1.91 bits per heavy atom. The van der Waals surface area contributed by atoms with Crippen LogP contribution in [-0.2, 0) is 4.79 Å². The Hall–Kier alpha value is -0.810. The molecule has 2 N–H and O–H groups in total. The summed E-state index contributed by atoms with van der Waals surface area (Å²) in [5, 5.41) is 6.96. The van der Waals surface area contributed by atoms with Crippen LogP contribution in [0.2, 0.25) is 10.0 Å². The number of para-hydroxylation sites is 1. The second kappa shape index (κ2) is 9.48. The van der Waals surface area contributed by atoms with Gasteiger partial charge in [0.15, 0.2) is 0 Å². The smallest absolute Gasteiger partial charge is 0.225 e. The van der Waals surface area contributed by atoms with Gasteiger partial charge in [0.25, 0.3) is 0 Å². The molecule has 0 spiro atoms. The highest BCUT2D eigenvalue weighted by atomic mass is 35.5. The molecular weight excluding hydrogens is 333 g/mol. The molecule has 1 fully saturated rings. The van der Waals surface area contributed by atoms with Crippen molar-refractivity contribution in [2.75, 3.05) is 38.5 Å². The number of carbonyl (C=O) groups is 1. The largest absolute Gasteiger partial charge is 0.324 e. The van der Waals surface area contributed by atoms with Gasteiger partial charge in [-0.3, -0.25) is 4.79 Å². The normalized spacial score (nSPS) is 16.5. The number of hydrogen-bond donors (Lipinski definition) is 2. The molecule has 0 bridgehead atoms. The zero-order chi connectivity index (χ0) is 16.7. The number of halogens is 2. The number of rotatable bonds is 7. The van der Waals surface area contributed by atoms with Gasteiger partial charge in [-0.2, -0.15) is 0 Å². The fraction of sp³-hybridized carbons (Fsp3) is 0.588. The quantitative estimate of drug-likeness (QED) is 0.782. The van der Waals surface area contributed by atoms with Gasteiger partial charge in [-0.25, -0.2) is 0 Å². The molecule has 0 unspecified atom stereocenters. The average molecular weight is 358 g/mol. The first-order chi connectivity index (χ1) is 11.1. The Kier molecular flexibility index (Phi) is 7.63. The van der Waals surface area contributed by atoms with E-state index in [1.165, 1.54) is 19.3 Å². The molecule has 6 heteroatoms. The summed E-state index contributed by atoms with van der Waals surface area (Å²) in [6, 6.07) is 5.20. The van der Waals surface area contributed by atoms with Crippen molar-refractivity contribution in [3.63, 3.8) is 0 Å². The third-order valence-corrected chi connectivity index (χ3v) is 5.02. The second-order valence-electron chi connectivity index (χ2n) is 6.07. The molecule has 23 heavy (non-hydrogen) atoms. The molecule has 0 atom stereocenters. The van der Waals surface area contributed by atoms with Crippen LogP contribution in [0, 0.1) is 5.92 Å². The Labute approximate surface area is 148 Å². The fourth-order valence-electron chi connectivity index (χ4n) is 2.93. The number of nitrogens with one attached hydrogen (secondary N) is 2. The summed E-state index contributed by atoms with van der Waals surface area (Å²) in [7, 11) is 2.00. The molecular formula is C17H25Cl2N3O. The molecule has 128 valence electrons. The third-order valence-electron chi connectivity index (χ3n) is 4.39. The minimum absolute atomic E-state index is 0.0442. The molecule has 0 radical (unpaired) electrons. The van der Waals surface area contributed by atoms with E-state index in [1.807, 2.05) is 7.05 Å². The molecule has 1 aliphatic heterocycles. The first kappa shape index (κ1) is 18.5. The van der Waals surface area contributed by atoms with E-state index in [2.05, 4.69) is 15.5 Å². The number of carbonyl (C=O) groups excluding carboxylic acids is 1. The zero-order valence-corrected chi connectivity index (χ0v) is 15.1. The van der Waals surface area contributed by atoms with Crippen molar-refractivity contribution < 1.29 is 4.79 Å². The first-order valence-electron chi connectivity index (χ1n) is 8.21. The van der Waals surface area contributed by atoms with Gasteiger partial charge >= 0.3 is 0 Å². The van der Waals surface area contributed by atoms with E-state index in [9.17, 15) is 4.79 Å². The predicted molar refractivity (Wildman–Crippen MR) is 97.4 cm³/mol. The lowest BCUT2D eigenvalue weighted by Crippen LogP contribution is -2.36. The second-order valence-corrected chi connectivity index (χ2v) is 6.89. The van der Waals surface area contributed by atoms with Crippen molar-refractivity contribution in [3.8, 4) is 0 Å². The summed E-state index contributed by atoms with van der Waals surface area (Å²) < 4.78 is 0. The minimum atomic E-state index is -0.0442. The molecule has 0 aromatic heterocycles. The summed E-state index contributed by atoms with van der Waals surface area (Å²) in [4.78, 5) is 14.5. The number of anilines is 1. The van der Waals surface area contributed by atoms with Crippen molar-refractivity contribution in [2.45, 2.75) is 25.7 Å². The van der Waals surface area contributed by atoms with Gasteiger partial charge in [-0.1, -0.05) is 29.3 Å². The summed E-state index contributed by atoms with van der Waals surface area (Å²) in [6.07, 6.45) is 4.15. The number of nitrogens with zero attached hydrogens (tertiary/aromatic N) is 1. The molecule has 0 aliphatic carbocycles. The van der Waals surface area contributed by atoms with Crippen molar-refractivity contribution in [2.24, 2.45) is 5.92 Å². The Morgan fingerprint density at radius 1 is 1.26 bits per heavy atom. The highest BCUT2D eigenvalue weighted by Gasteiger charge is 2.19. The van der Waals surface area contributed by atoms with Gasteiger partial charge in [0.05, 0.1) is 15.7 Å². The van der Waals surface area contributed by atoms with E-state index in [0.29, 0.717) is 22.2 Å². The van der Waals surface area contributed by atoms with E-state index in [1.54, 1.807) is 18.2 Å². The predicted octanol–water partition coefficient (Wildman–Crippen LogP) is 3.64. The molecule has 1 amide bonds. The number of amides is 1. The highest BCUT2D eigenvalue weighted by Crippen LogP contribution is 2.29. The molecule has 1 aromatic rings. The molecule has 1 heterocycles. The van der Waals surface area contributed by atoms with Gasteiger partial charge in [0.2, 0.25) is 5.91 Å². The van der Waals surface area contributed by atoms with Crippen LogP contribution in [0.3, 0.4) is 0 Å². The molecule has 1 aliphatic rings. The van der Waals surface area contributed by atoms with Crippen LogP contribution in [-0.4, -0.2) is 44.0 Å². The minimum Gasteiger partial charge on any atom is -0.324 e. The number of piperidine rings is 1. The van der Waals surface area contributed by atoms with Gasteiger partial charge in [-0.15, -0.1) is 0 Å². The lowest BCUT2D eigenvalue weighted by molar-refractivity contribution is -0.116. The van der Waals surface area contributed by atoms with Crippen molar-refractivity contribution in [3.05, 3.63) is 28.2 Å². The Balaban J connectivity index is 1.71. The van der Waals surface area contributed by atoms with E-state index in [0.717, 1.165) is 32.1 Å². The van der Waals surface area contributed by atoms with E-state index < -0.39 is 0 Å². The standard InChI is InChI=1S/C17H25Cl2N3O/c1-20-9-5-13-6-10-22(11-7-13)12-8-16(23)21-17-14(18)3-2-4-15(17)19/h2-4,13,20H,5-12H2,1H3,(H,21,23). The topological polar surface area (TPSA) is 44.4 Å². The lowest BCUT2D eigenvalue weighted by Gasteiger charge is -2.31.